The molecule has 2 aromatic carbocycles. The highest BCUT2D eigenvalue weighted by molar-refractivity contribution is 5.83. The first kappa shape index (κ1) is 13.3. The molecule has 4 aromatic rings. The number of fused-ring (bicyclic) bond motifs is 1. The lowest BCUT2D eigenvalue weighted by Gasteiger charge is -2.07. The van der Waals surface area contributed by atoms with Crippen LogP contribution >= 0.6 is 0 Å². The van der Waals surface area contributed by atoms with Crippen LogP contribution in [0.1, 0.15) is 5.56 Å². The molecular weight excluding hydrogens is 282 g/mol. The van der Waals surface area contributed by atoms with Crippen LogP contribution in [0, 0.1) is 11.3 Å². The Balaban J connectivity index is 1.87. The van der Waals surface area contributed by atoms with Crippen molar-refractivity contribution in [3.8, 4) is 22.9 Å². The molecule has 2 aromatic heterocycles. The summed E-state index contributed by atoms with van der Waals surface area (Å²) in [5, 5.41) is 10.4. The number of aromatic nitrogens is 2. The van der Waals surface area contributed by atoms with Crippen molar-refractivity contribution in [2.24, 2.45) is 0 Å². The topological polar surface area (TPSA) is 41.6 Å². The standard InChI is InChI=1S/C20H13N3/c21-13-17-8-4-5-9-19(17)23-11-10-16-12-18(14-22-20(16)23)15-6-2-1-3-7-15/h1-12,14H. The average Bonchev–Trinajstić information content (AvgIpc) is 3.05. The molecule has 0 bridgehead atoms. The van der Waals surface area contributed by atoms with E-state index in [4.69, 9.17) is 0 Å². The predicted molar refractivity (Wildman–Crippen MR) is 91.2 cm³/mol. The third-order valence-electron chi connectivity index (χ3n) is 3.92. The van der Waals surface area contributed by atoms with E-state index in [1.807, 2.05) is 65.5 Å². The van der Waals surface area contributed by atoms with Crippen LogP contribution in [0.5, 0.6) is 0 Å². The van der Waals surface area contributed by atoms with Gasteiger partial charge in [-0.15, -0.1) is 0 Å². The Morgan fingerprint density at radius 2 is 1.65 bits per heavy atom. The summed E-state index contributed by atoms with van der Waals surface area (Å²) >= 11 is 0. The normalized spacial score (nSPS) is 10.6. The fourth-order valence-electron chi connectivity index (χ4n) is 2.79. The molecule has 0 aliphatic rings. The quantitative estimate of drug-likeness (QED) is 0.544. The van der Waals surface area contributed by atoms with E-state index in [0.29, 0.717) is 5.56 Å². The van der Waals surface area contributed by atoms with Gasteiger partial charge in [-0.3, -0.25) is 4.57 Å². The summed E-state index contributed by atoms with van der Waals surface area (Å²) in [7, 11) is 0. The van der Waals surface area contributed by atoms with E-state index in [9.17, 15) is 5.26 Å². The first-order valence-electron chi connectivity index (χ1n) is 7.39. The number of nitriles is 1. The lowest BCUT2D eigenvalue weighted by Crippen LogP contribution is -1.97. The van der Waals surface area contributed by atoms with Gasteiger partial charge < -0.3 is 0 Å². The second kappa shape index (κ2) is 5.43. The van der Waals surface area contributed by atoms with E-state index in [-0.39, 0.29) is 0 Å². The average molecular weight is 295 g/mol. The molecule has 4 rings (SSSR count). The summed E-state index contributed by atoms with van der Waals surface area (Å²) in [6, 6.07) is 24.1. The van der Waals surface area contributed by atoms with Gasteiger partial charge in [0, 0.05) is 23.3 Å². The predicted octanol–water partition coefficient (Wildman–Crippen LogP) is 4.56. The Morgan fingerprint density at radius 1 is 0.870 bits per heavy atom. The molecule has 108 valence electrons. The molecule has 0 saturated carbocycles. The molecule has 0 N–H and O–H groups in total. The maximum Gasteiger partial charge on any atom is 0.144 e. The van der Waals surface area contributed by atoms with Crippen molar-refractivity contribution in [2.45, 2.75) is 0 Å². The maximum absolute atomic E-state index is 9.30. The van der Waals surface area contributed by atoms with Crippen molar-refractivity contribution >= 4 is 11.0 Å². The molecule has 0 radical (unpaired) electrons. The third kappa shape index (κ3) is 2.27. The van der Waals surface area contributed by atoms with Crippen LogP contribution in [0.15, 0.2) is 79.1 Å². The fourth-order valence-corrected chi connectivity index (χ4v) is 2.79. The van der Waals surface area contributed by atoms with E-state index in [0.717, 1.165) is 27.8 Å². The summed E-state index contributed by atoms with van der Waals surface area (Å²) in [6.07, 6.45) is 3.84. The minimum atomic E-state index is 0.638. The van der Waals surface area contributed by atoms with E-state index in [1.54, 1.807) is 0 Å². The smallest absolute Gasteiger partial charge is 0.144 e. The van der Waals surface area contributed by atoms with Gasteiger partial charge in [-0.1, -0.05) is 42.5 Å². The molecular formula is C20H13N3. The highest BCUT2D eigenvalue weighted by Crippen LogP contribution is 2.25. The molecule has 0 atom stereocenters. The number of hydrogen-bond donors (Lipinski definition) is 0. The second-order valence-corrected chi connectivity index (χ2v) is 5.32. The van der Waals surface area contributed by atoms with E-state index < -0.39 is 0 Å². The van der Waals surface area contributed by atoms with Crippen LogP contribution in [0.3, 0.4) is 0 Å². The van der Waals surface area contributed by atoms with Gasteiger partial charge in [0.2, 0.25) is 0 Å². The number of hydrogen-bond acceptors (Lipinski definition) is 2. The van der Waals surface area contributed by atoms with Gasteiger partial charge in [-0.2, -0.15) is 5.26 Å². The molecule has 0 saturated heterocycles. The number of benzene rings is 2. The highest BCUT2D eigenvalue weighted by Gasteiger charge is 2.09. The van der Waals surface area contributed by atoms with E-state index in [2.05, 4.69) is 29.3 Å². The first-order chi connectivity index (χ1) is 11.4. The van der Waals surface area contributed by atoms with Crippen LogP contribution in [0.25, 0.3) is 27.8 Å². The van der Waals surface area contributed by atoms with Crippen molar-refractivity contribution in [1.82, 2.24) is 9.55 Å². The summed E-state index contributed by atoms with van der Waals surface area (Å²) in [5.74, 6) is 0. The first-order valence-corrected chi connectivity index (χ1v) is 7.39. The molecule has 0 aliphatic heterocycles. The van der Waals surface area contributed by atoms with Gasteiger partial charge in [0.15, 0.2) is 0 Å². The van der Waals surface area contributed by atoms with Crippen LogP contribution < -0.4 is 0 Å². The minimum absolute atomic E-state index is 0.638. The van der Waals surface area contributed by atoms with E-state index in [1.165, 1.54) is 0 Å². The lowest BCUT2D eigenvalue weighted by molar-refractivity contribution is 1.08. The Morgan fingerprint density at radius 3 is 2.48 bits per heavy atom. The Hall–Kier alpha value is -3.38. The largest absolute Gasteiger partial charge is 0.300 e. The van der Waals surface area contributed by atoms with Crippen molar-refractivity contribution in [1.29, 1.82) is 5.26 Å². The molecule has 0 aliphatic carbocycles. The van der Waals surface area contributed by atoms with Gasteiger partial charge in [-0.05, 0) is 29.8 Å². The summed E-state index contributed by atoms with van der Waals surface area (Å²) < 4.78 is 1.96. The van der Waals surface area contributed by atoms with Crippen LogP contribution in [-0.4, -0.2) is 9.55 Å². The Kier molecular flexibility index (Phi) is 3.14. The van der Waals surface area contributed by atoms with Crippen molar-refractivity contribution in [3.63, 3.8) is 0 Å². The zero-order valence-electron chi connectivity index (χ0n) is 12.3. The van der Waals surface area contributed by atoms with Crippen molar-refractivity contribution < 1.29 is 0 Å². The molecule has 0 spiro atoms. The monoisotopic (exact) mass is 295 g/mol. The van der Waals surface area contributed by atoms with Crippen LogP contribution in [-0.2, 0) is 0 Å². The fraction of sp³-hybridized carbons (Fsp3) is 0. The molecule has 0 unspecified atom stereocenters. The van der Waals surface area contributed by atoms with Gasteiger partial charge >= 0.3 is 0 Å². The minimum Gasteiger partial charge on any atom is -0.300 e. The number of para-hydroxylation sites is 1. The summed E-state index contributed by atoms with van der Waals surface area (Å²) in [5.41, 5.74) is 4.58. The molecule has 0 amide bonds. The highest BCUT2D eigenvalue weighted by atomic mass is 15.0. The summed E-state index contributed by atoms with van der Waals surface area (Å²) in [4.78, 5) is 4.62. The van der Waals surface area contributed by atoms with Crippen molar-refractivity contribution in [3.05, 3.63) is 84.7 Å². The molecule has 0 fully saturated rings. The number of pyridine rings is 1. The Bertz CT molecular complexity index is 1020. The number of rotatable bonds is 2. The van der Waals surface area contributed by atoms with Gasteiger partial charge in [0.05, 0.1) is 11.3 Å². The molecule has 3 heteroatoms. The van der Waals surface area contributed by atoms with Gasteiger partial charge in [-0.25, -0.2) is 4.98 Å². The molecule has 2 heterocycles. The lowest BCUT2D eigenvalue weighted by atomic mass is 10.1. The zero-order chi connectivity index (χ0) is 15.6. The zero-order valence-corrected chi connectivity index (χ0v) is 12.3. The Labute approximate surface area is 134 Å². The second-order valence-electron chi connectivity index (χ2n) is 5.32. The van der Waals surface area contributed by atoms with Crippen molar-refractivity contribution in [2.75, 3.05) is 0 Å². The third-order valence-corrected chi connectivity index (χ3v) is 3.92. The molecule has 3 nitrogen and oxygen atoms in total. The maximum atomic E-state index is 9.30. The van der Waals surface area contributed by atoms with Crippen LogP contribution in [0.2, 0.25) is 0 Å². The number of nitrogens with zero attached hydrogens (tertiary/aromatic N) is 3. The van der Waals surface area contributed by atoms with Gasteiger partial charge in [0.25, 0.3) is 0 Å². The molecule has 23 heavy (non-hydrogen) atoms. The van der Waals surface area contributed by atoms with E-state index >= 15 is 0 Å². The van der Waals surface area contributed by atoms with Gasteiger partial charge in [0.1, 0.15) is 11.7 Å². The van der Waals surface area contributed by atoms with Crippen LogP contribution in [0.4, 0.5) is 0 Å². The summed E-state index contributed by atoms with van der Waals surface area (Å²) in [6.45, 7) is 0. The SMILES string of the molecule is N#Cc1ccccc1-n1ccc2cc(-c3ccccc3)cnc21.